The summed E-state index contributed by atoms with van der Waals surface area (Å²) in [5.41, 5.74) is 5.80. The third kappa shape index (κ3) is 4.71. The predicted octanol–water partition coefficient (Wildman–Crippen LogP) is 4.91. The van der Waals surface area contributed by atoms with Crippen LogP contribution < -0.4 is 15.4 Å². The van der Waals surface area contributed by atoms with Gasteiger partial charge < -0.3 is 15.4 Å². The lowest BCUT2D eigenvalue weighted by molar-refractivity contribution is -0.116. The number of nitrogens with zero attached hydrogens (tertiary/aromatic N) is 3. The predicted molar refractivity (Wildman–Crippen MR) is 128 cm³/mol. The number of anilines is 2. The monoisotopic (exact) mass is 435 g/mol. The van der Waals surface area contributed by atoms with Gasteiger partial charge >= 0.3 is 0 Å². The average Bonchev–Trinajstić information content (AvgIpc) is 3.11. The second-order valence-electron chi connectivity index (χ2n) is 8.74. The summed E-state index contributed by atoms with van der Waals surface area (Å²) in [6.45, 7) is 4.03. The molecule has 2 N–H and O–H groups in total. The maximum absolute atomic E-state index is 12.6. The summed E-state index contributed by atoms with van der Waals surface area (Å²) in [4.78, 5) is 17.3. The first-order valence-electron chi connectivity index (χ1n) is 11.5. The van der Waals surface area contributed by atoms with Crippen LogP contribution in [0.2, 0.25) is 0 Å². The number of hydrogen-bond acceptors (Lipinski definition) is 5. The zero-order valence-corrected chi connectivity index (χ0v) is 19.5. The van der Waals surface area contributed by atoms with E-state index in [4.69, 9.17) is 9.72 Å². The van der Waals surface area contributed by atoms with Crippen LogP contribution in [0.4, 0.5) is 11.4 Å². The van der Waals surface area contributed by atoms with Crippen molar-refractivity contribution >= 4 is 28.3 Å². The summed E-state index contributed by atoms with van der Waals surface area (Å²) in [6.07, 6.45) is 7.44. The Morgan fingerprint density at radius 1 is 1.12 bits per heavy atom. The maximum atomic E-state index is 12.6. The zero-order chi connectivity index (χ0) is 22.7. The molecule has 32 heavy (non-hydrogen) atoms. The third-order valence-electron chi connectivity index (χ3n) is 6.46. The largest absolute Gasteiger partial charge is 0.479 e. The molecule has 1 amide bonds. The van der Waals surface area contributed by atoms with E-state index >= 15 is 0 Å². The van der Waals surface area contributed by atoms with Gasteiger partial charge in [0.25, 0.3) is 0 Å². The van der Waals surface area contributed by atoms with Crippen LogP contribution >= 0.6 is 0 Å². The van der Waals surface area contributed by atoms with Crippen LogP contribution in [0.25, 0.3) is 11.0 Å². The molecule has 0 atom stereocenters. The van der Waals surface area contributed by atoms with Gasteiger partial charge in [-0.3, -0.25) is 4.79 Å². The van der Waals surface area contributed by atoms with E-state index in [1.54, 1.807) is 11.8 Å². The van der Waals surface area contributed by atoms with E-state index in [9.17, 15) is 4.79 Å². The van der Waals surface area contributed by atoms with E-state index in [0.29, 0.717) is 24.8 Å². The minimum atomic E-state index is -0.00459. The molecule has 7 heteroatoms. The summed E-state index contributed by atoms with van der Waals surface area (Å²) in [5, 5.41) is 11.9. The Morgan fingerprint density at radius 2 is 1.81 bits per heavy atom. The lowest BCUT2D eigenvalue weighted by Crippen LogP contribution is -2.22. The summed E-state index contributed by atoms with van der Waals surface area (Å²) in [6, 6.07) is 8.59. The average molecular weight is 436 g/mol. The van der Waals surface area contributed by atoms with Crippen LogP contribution in [0.5, 0.6) is 5.88 Å². The molecule has 4 rings (SSSR count). The van der Waals surface area contributed by atoms with Crippen LogP contribution in [-0.4, -0.2) is 33.8 Å². The van der Waals surface area contributed by atoms with E-state index in [-0.39, 0.29) is 5.91 Å². The van der Waals surface area contributed by atoms with E-state index in [0.717, 1.165) is 39.2 Å². The van der Waals surface area contributed by atoms with Crippen molar-refractivity contribution in [1.82, 2.24) is 14.8 Å². The van der Waals surface area contributed by atoms with Gasteiger partial charge in [0.1, 0.15) is 0 Å². The topological polar surface area (TPSA) is 81.1 Å². The highest BCUT2D eigenvalue weighted by Crippen LogP contribution is 2.30. The highest BCUT2D eigenvalue weighted by molar-refractivity contribution is 5.91. The van der Waals surface area contributed by atoms with Crippen molar-refractivity contribution in [1.29, 1.82) is 0 Å². The van der Waals surface area contributed by atoms with Crippen molar-refractivity contribution in [2.45, 2.75) is 64.8 Å². The maximum Gasteiger partial charge on any atom is 0.242 e. The highest BCUT2D eigenvalue weighted by atomic mass is 16.5. The standard InChI is InChI=1S/C25H33N5O2/c1-16-21(17(2)26-24-23(16)25(32-4)29-30(24)3)14-15-22(31)28-20-12-10-19(11-13-20)27-18-8-6-5-7-9-18/h10-13,18,27H,5-9,14-15H2,1-4H3,(H,28,31). The number of nitrogens with one attached hydrogen (secondary N) is 2. The number of carbonyl (C=O) groups excluding carboxylic acids is 1. The van der Waals surface area contributed by atoms with Crippen LogP contribution in [0.1, 0.15) is 55.3 Å². The lowest BCUT2D eigenvalue weighted by atomic mass is 9.95. The van der Waals surface area contributed by atoms with Gasteiger partial charge in [-0.1, -0.05) is 19.3 Å². The minimum absolute atomic E-state index is 0.00459. The third-order valence-corrected chi connectivity index (χ3v) is 6.46. The molecule has 0 bridgehead atoms. The number of aromatic nitrogens is 3. The number of ether oxygens (including phenoxy) is 1. The number of fused-ring (bicyclic) bond motifs is 1. The van der Waals surface area contributed by atoms with E-state index in [2.05, 4.69) is 15.7 Å². The van der Waals surface area contributed by atoms with E-state index in [1.165, 1.54) is 32.1 Å². The van der Waals surface area contributed by atoms with Crippen molar-refractivity contribution in [3.05, 3.63) is 41.1 Å². The molecule has 1 saturated carbocycles. The molecule has 170 valence electrons. The Bertz CT molecular complexity index is 1100. The molecular formula is C25H33N5O2. The summed E-state index contributed by atoms with van der Waals surface area (Å²) >= 11 is 0. The first-order chi connectivity index (χ1) is 15.5. The van der Waals surface area contributed by atoms with Gasteiger partial charge in [-0.05, 0) is 68.5 Å². The van der Waals surface area contributed by atoms with Crippen molar-refractivity contribution in [3.63, 3.8) is 0 Å². The number of methoxy groups -OCH3 is 1. The molecule has 1 aliphatic rings. The quantitative estimate of drug-likeness (QED) is 0.551. The molecule has 2 heterocycles. The van der Waals surface area contributed by atoms with Crippen molar-refractivity contribution in [2.75, 3.05) is 17.7 Å². The molecule has 0 aliphatic heterocycles. The highest BCUT2D eigenvalue weighted by Gasteiger charge is 2.18. The fourth-order valence-corrected chi connectivity index (χ4v) is 4.70. The minimum Gasteiger partial charge on any atom is -0.479 e. The van der Waals surface area contributed by atoms with Crippen molar-refractivity contribution in [3.8, 4) is 5.88 Å². The van der Waals surface area contributed by atoms with Gasteiger partial charge in [0, 0.05) is 36.6 Å². The number of carbonyl (C=O) groups is 1. The van der Waals surface area contributed by atoms with Gasteiger partial charge in [0.2, 0.25) is 11.8 Å². The Balaban J connectivity index is 1.38. The number of amides is 1. The molecule has 1 aliphatic carbocycles. The molecule has 7 nitrogen and oxygen atoms in total. The number of hydrogen-bond donors (Lipinski definition) is 2. The first kappa shape index (κ1) is 22.1. The molecule has 2 aromatic heterocycles. The Morgan fingerprint density at radius 3 is 2.50 bits per heavy atom. The van der Waals surface area contributed by atoms with Crippen LogP contribution in [0, 0.1) is 13.8 Å². The molecular weight excluding hydrogens is 402 g/mol. The molecule has 1 fully saturated rings. The van der Waals surface area contributed by atoms with Gasteiger partial charge in [0.15, 0.2) is 5.65 Å². The first-order valence-corrected chi connectivity index (χ1v) is 11.5. The van der Waals surface area contributed by atoms with Gasteiger partial charge in [-0.15, -0.1) is 5.10 Å². The molecule has 3 aromatic rings. The lowest BCUT2D eigenvalue weighted by Gasteiger charge is -2.23. The smallest absolute Gasteiger partial charge is 0.242 e. The number of aryl methyl sites for hydroxylation is 3. The Labute approximate surface area is 189 Å². The van der Waals surface area contributed by atoms with E-state index < -0.39 is 0 Å². The van der Waals surface area contributed by atoms with Crippen LogP contribution in [0.3, 0.4) is 0 Å². The normalized spacial score (nSPS) is 14.5. The number of rotatable bonds is 7. The molecule has 0 unspecified atom stereocenters. The summed E-state index contributed by atoms with van der Waals surface area (Å²) in [7, 11) is 3.48. The fourth-order valence-electron chi connectivity index (χ4n) is 4.70. The molecule has 1 aromatic carbocycles. The van der Waals surface area contributed by atoms with Crippen LogP contribution in [-0.2, 0) is 18.3 Å². The second kappa shape index (κ2) is 9.59. The Hall–Kier alpha value is -3.09. The number of pyridine rings is 1. The van der Waals surface area contributed by atoms with Gasteiger partial charge in [0.05, 0.1) is 12.5 Å². The zero-order valence-electron chi connectivity index (χ0n) is 19.5. The molecule has 0 saturated heterocycles. The van der Waals surface area contributed by atoms with E-state index in [1.807, 2.05) is 45.2 Å². The van der Waals surface area contributed by atoms with Crippen LogP contribution in [0.15, 0.2) is 24.3 Å². The van der Waals surface area contributed by atoms with Gasteiger partial charge in [-0.25, -0.2) is 9.67 Å². The summed E-state index contributed by atoms with van der Waals surface area (Å²) < 4.78 is 7.16. The SMILES string of the molecule is COc1nn(C)c2nc(C)c(CCC(=O)Nc3ccc(NC4CCCCC4)cc3)c(C)c12. The van der Waals surface area contributed by atoms with Gasteiger partial charge in [-0.2, -0.15) is 0 Å². The number of benzene rings is 1. The summed E-state index contributed by atoms with van der Waals surface area (Å²) in [5.74, 6) is 0.565. The Kier molecular flexibility index (Phi) is 6.63. The fraction of sp³-hybridized carbons (Fsp3) is 0.480. The van der Waals surface area contributed by atoms with Crippen molar-refractivity contribution in [2.24, 2.45) is 7.05 Å². The second-order valence-corrected chi connectivity index (χ2v) is 8.74. The molecule has 0 radical (unpaired) electrons. The molecule has 0 spiro atoms. The van der Waals surface area contributed by atoms with Crippen molar-refractivity contribution < 1.29 is 9.53 Å².